The summed E-state index contributed by atoms with van der Waals surface area (Å²) in [7, 11) is 0. The first-order chi connectivity index (χ1) is 18.4. The summed E-state index contributed by atoms with van der Waals surface area (Å²) < 4.78 is 1.85. The van der Waals surface area contributed by atoms with Gasteiger partial charge in [0.05, 0.1) is 27.5 Å². The Morgan fingerprint density at radius 1 is 0.974 bits per heavy atom. The van der Waals surface area contributed by atoms with Gasteiger partial charge in [0.2, 0.25) is 5.91 Å². The standard InChI is InChI=1S/C26H20N6O5S/c1-2-30-23(28-29-26(30)38-15-22(33)27-17-6-5-7-19(14-17)32(36)37)16-10-12-18(13-11-16)31-24(34)20-8-3-4-9-21(20)25(31)35/h3-14H,2,15H2,1H3,(H,27,33). The second-order valence-electron chi connectivity index (χ2n) is 8.23. The molecule has 190 valence electrons. The third-order valence-corrected chi connectivity index (χ3v) is 6.85. The maximum Gasteiger partial charge on any atom is 0.271 e. The highest BCUT2D eigenvalue weighted by Gasteiger charge is 2.36. The molecule has 0 saturated heterocycles. The predicted octanol–water partition coefficient (Wildman–Crippen LogP) is 4.40. The topological polar surface area (TPSA) is 140 Å². The third-order valence-electron chi connectivity index (χ3n) is 5.88. The Morgan fingerprint density at radius 3 is 2.29 bits per heavy atom. The van der Waals surface area contributed by atoms with Gasteiger partial charge >= 0.3 is 0 Å². The maximum atomic E-state index is 12.8. The van der Waals surface area contributed by atoms with Crippen molar-refractivity contribution in [3.8, 4) is 11.4 Å². The Hall–Kier alpha value is -4.84. The van der Waals surface area contributed by atoms with Gasteiger partial charge < -0.3 is 9.88 Å². The number of aromatic nitrogens is 3. The number of benzene rings is 3. The summed E-state index contributed by atoms with van der Waals surface area (Å²) in [4.78, 5) is 49.5. The number of non-ortho nitro benzene ring substituents is 1. The number of carbonyl (C=O) groups excluding carboxylic acids is 3. The average Bonchev–Trinajstić information content (AvgIpc) is 3.46. The van der Waals surface area contributed by atoms with Crippen molar-refractivity contribution in [2.75, 3.05) is 16.0 Å². The van der Waals surface area contributed by atoms with E-state index < -0.39 is 4.92 Å². The first-order valence-corrected chi connectivity index (χ1v) is 12.5. The summed E-state index contributed by atoms with van der Waals surface area (Å²) in [6.07, 6.45) is 0. The summed E-state index contributed by atoms with van der Waals surface area (Å²) in [5, 5.41) is 22.6. The zero-order chi connectivity index (χ0) is 26.8. The van der Waals surface area contributed by atoms with Gasteiger partial charge in [0.25, 0.3) is 17.5 Å². The Balaban J connectivity index is 1.28. The van der Waals surface area contributed by atoms with E-state index in [1.54, 1.807) is 54.6 Å². The number of fused-ring (bicyclic) bond motifs is 1. The molecule has 1 N–H and O–H groups in total. The quantitative estimate of drug-likeness (QED) is 0.154. The van der Waals surface area contributed by atoms with Crippen molar-refractivity contribution < 1.29 is 19.3 Å². The lowest BCUT2D eigenvalue weighted by Gasteiger charge is -2.14. The minimum Gasteiger partial charge on any atom is -0.325 e. The van der Waals surface area contributed by atoms with Crippen LogP contribution < -0.4 is 10.2 Å². The van der Waals surface area contributed by atoms with Crippen LogP contribution in [-0.4, -0.2) is 43.2 Å². The van der Waals surface area contributed by atoms with Crippen molar-refractivity contribution in [2.45, 2.75) is 18.6 Å². The molecule has 0 fully saturated rings. The van der Waals surface area contributed by atoms with Crippen LogP contribution in [0.3, 0.4) is 0 Å². The fourth-order valence-corrected chi connectivity index (χ4v) is 4.90. The second-order valence-corrected chi connectivity index (χ2v) is 9.18. The highest BCUT2D eigenvalue weighted by Crippen LogP contribution is 2.31. The van der Waals surface area contributed by atoms with Crippen LogP contribution in [0.1, 0.15) is 27.6 Å². The predicted molar refractivity (Wildman–Crippen MR) is 141 cm³/mol. The van der Waals surface area contributed by atoms with Gasteiger partial charge in [-0.05, 0) is 49.4 Å². The van der Waals surface area contributed by atoms with Crippen LogP contribution in [0.15, 0.2) is 78.0 Å². The van der Waals surface area contributed by atoms with E-state index in [1.165, 1.54) is 30.0 Å². The summed E-state index contributed by atoms with van der Waals surface area (Å²) in [6.45, 7) is 2.46. The van der Waals surface area contributed by atoms with E-state index >= 15 is 0 Å². The molecule has 3 amide bonds. The van der Waals surface area contributed by atoms with Crippen LogP contribution in [0.5, 0.6) is 0 Å². The summed E-state index contributed by atoms with van der Waals surface area (Å²) in [5.41, 5.74) is 2.16. The van der Waals surface area contributed by atoms with Gasteiger partial charge in [-0.1, -0.05) is 30.0 Å². The number of rotatable bonds is 8. The van der Waals surface area contributed by atoms with Gasteiger partial charge in [0, 0.05) is 29.9 Å². The highest BCUT2D eigenvalue weighted by molar-refractivity contribution is 7.99. The van der Waals surface area contributed by atoms with Crippen LogP contribution >= 0.6 is 11.8 Å². The van der Waals surface area contributed by atoms with Gasteiger partial charge in [0.1, 0.15) is 0 Å². The van der Waals surface area contributed by atoms with Crippen molar-refractivity contribution >= 4 is 46.5 Å². The van der Waals surface area contributed by atoms with E-state index in [4.69, 9.17) is 0 Å². The SMILES string of the molecule is CCn1c(SCC(=O)Nc2cccc([N+](=O)[O-])c2)nnc1-c1ccc(N2C(=O)c3ccccc3C2=O)cc1. The third kappa shape index (κ3) is 4.64. The molecular weight excluding hydrogens is 508 g/mol. The number of nitrogens with one attached hydrogen (secondary N) is 1. The van der Waals surface area contributed by atoms with Crippen molar-refractivity contribution in [2.24, 2.45) is 0 Å². The van der Waals surface area contributed by atoms with Crippen LogP contribution in [0.2, 0.25) is 0 Å². The molecule has 0 radical (unpaired) electrons. The van der Waals surface area contributed by atoms with Gasteiger partial charge in [0.15, 0.2) is 11.0 Å². The monoisotopic (exact) mass is 528 g/mol. The van der Waals surface area contributed by atoms with E-state index in [0.29, 0.717) is 40.0 Å². The number of hydrogen-bond acceptors (Lipinski definition) is 8. The molecule has 0 aliphatic carbocycles. The highest BCUT2D eigenvalue weighted by atomic mass is 32.2. The fraction of sp³-hybridized carbons (Fsp3) is 0.115. The second kappa shape index (κ2) is 10.3. The molecule has 0 bridgehead atoms. The van der Waals surface area contributed by atoms with Crippen molar-refractivity contribution in [3.05, 3.63) is 94.0 Å². The van der Waals surface area contributed by atoms with Crippen LogP contribution in [0.25, 0.3) is 11.4 Å². The largest absolute Gasteiger partial charge is 0.325 e. The lowest BCUT2D eigenvalue weighted by molar-refractivity contribution is -0.384. The zero-order valence-electron chi connectivity index (χ0n) is 20.0. The average molecular weight is 529 g/mol. The number of thioether (sulfide) groups is 1. The Kier molecular flexibility index (Phi) is 6.71. The molecule has 1 aromatic heterocycles. The first kappa shape index (κ1) is 24.8. The molecule has 1 aliphatic rings. The van der Waals surface area contributed by atoms with Crippen LogP contribution in [0.4, 0.5) is 17.1 Å². The summed E-state index contributed by atoms with van der Waals surface area (Å²) in [6, 6.07) is 19.3. The molecule has 2 heterocycles. The lowest BCUT2D eigenvalue weighted by Crippen LogP contribution is -2.29. The van der Waals surface area contributed by atoms with Gasteiger partial charge in [-0.15, -0.1) is 10.2 Å². The van der Waals surface area contributed by atoms with Crippen molar-refractivity contribution in [1.82, 2.24) is 14.8 Å². The maximum absolute atomic E-state index is 12.8. The van der Waals surface area contributed by atoms with Gasteiger partial charge in [-0.3, -0.25) is 24.5 Å². The van der Waals surface area contributed by atoms with E-state index in [-0.39, 0.29) is 29.2 Å². The zero-order valence-corrected chi connectivity index (χ0v) is 20.8. The minimum atomic E-state index is -0.526. The van der Waals surface area contributed by atoms with E-state index in [2.05, 4.69) is 15.5 Å². The summed E-state index contributed by atoms with van der Waals surface area (Å²) >= 11 is 1.19. The van der Waals surface area contributed by atoms with E-state index in [1.807, 2.05) is 11.5 Å². The minimum absolute atomic E-state index is 0.0273. The number of hydrogen-bond donors (Lipinski definition) is 1. The molecule has 0 atom stereocenters. The van der Waals surface area contributed by atoms with Gasteiger partial charge in [-0.25, -0.2) is 4.90 Å². The first-order valence-electron chi connectivity index (χ1n) is 11.6. The van der Waals surface area contributed by atoms with Crippen molar-refractivity contribution in [1.29, 1.82) is 0 Å². The Bertz CT molecular complexity index is 1550. The normalized spacial score (nSPS) is 12.5. The Labute approximate surface area is 220 Å². The number of nitro groups is 1. The molecule has 5 rings (SSSR count). The number of nitrogens with zero attached hydrogens (tertiary/aromatic N) is 5. The number of nitro benzene ring substituents is 1. The molecule has 0 spiro atoms. The van der Waals surface area contributed by atoms with E-state index in [0.717, 1.165) is 10.5 Å². The molecule has 0 unspecified atom stereocenters. The number of imide groups is 1. The molecule has 11 nitrogen and oxygen atoms in total. The number of anilines is 2. The molecule has 3 aromatic carbocycles. The number of carbonyl (C=O) groups is 3. The molecule has 1 aliphatic heterocycles. The number of amides is 3. The van der Waals surface area contributed by atoms with Crippen molar-refractivity contribution in [3.63, 3.8) is 0 Å². The molecule has 12 heteroatoms. The molecular formula is C26H20N6O5S. The smallest absolute Gasteiger partial charge is 0.271 e. The van der Waals surface area contributed by atoms with Gasteiger partial charge in [-0.2, -0.15) is 0 Å². The summed E-state index contributed by atoms with van der Waals surface area (Å²) in [5.74, 6) is -0.468. The molecule has 4 aromatic rings. The fourth-order valence-electron chi connectivity index (χ4n) is 4.10. The molecule has 0 saturated carbocycles. The van der Waals surface area contributed by atoms with E-state index in [9.17, 15) is 24.5 Å². The Morgan fingerprint density at radius 2 is 1.66 bits per heavy atom. The lowest BCUT2D eigenvalue weighted by atomic mass is 10.1. The van der Waals surface area contributed by atoms with Crippen LogP contribution in [-0.2, 0) is 11.3 Å². The molecule has 38 heavy (non-hydrogen) atoms. The van der Waals surface area contributed by atoms with Crippen LogP contribution in [0, 0.1) is 10.1 Å².